The van der Waals surface area contributed by atoms with Crippen LogP contribution >= 0.6 is 22.9 Å². The Morgan fingerprint density at radius 2 is 1.89 bits per heavy atom. The van der Waals surface area contributed by atoms with E-state index in [-0.39, 0.29) is 5.56 Å². The first-order valence-corrected chi connectivity index (χ1v) is 9.19. The van der Waals surface area contributed by atoms with Gasteiger partial charge in [0.15, 0.2) is 0 Å². The zero-order chi connectivity index (χ0) is 18.8. The molecular formula is C19H12ClN3O3S. The molecule has 0 fully saturated rings. The second kappa shape index (κ2) is 7.30. The van der Waals surface area contributed by atoms with Gasteiger partial charge in [-0.3, -0.25) is 10.1 Å². The van der Waals surface area contributed by atoms with Gasteiger partial charge in [-0.25, -0.2) is 4.79 Å². The molecule has 0 radical (unpaired) electrons. The summed E-state index contributed by atoms with van der Waals surface area (Å²) in [6, 6.07) is 15.9. The quantitative estimate of drug-likeness (QED) is 0.523. The molecular weight excluding hydrogens is 386 g/mol. The van der Waals surface area contributed by atoms with Crippen molar-refractivity contribution in [3.05, 3.63) is 86.2 Å². The molecule has 1 N–H and O–H groups in total. The summed E-state index contributed by atoms with van der Waals surface area (Å²) in [7, 11) is 0. The van der Waals surface area contributed by atoms with E-state index >= 15 is 0 Å². The molecule has 0 aliphatic carbocycles. The lowest BCUT2D eigenvalue weighted by Crippen LogP contribution is -2.20. The molecule has 4 aromatic rings. The van der Waals surface area contributed by atoms with E-state index in [1.807, 2.05) is 12.1 Å². The Balaban J connectivity index is 1.52. The summed E-state index contributed by atoms with van der Waals surface area (Å²) in [6.45, 7) is 0. The smallest absolute Gasteiger partial charge is 0.349 e. The summed E-state index contributed by atoms with van der Waals surface area (Å²) in [6.07, 6.45) is 0.572. The van der Waals surface area contributed by atoms with Gasteiger partial charge < -0.3 is 4.42 Å². The first kappa shape index (κ1) is 17.4. The number of nitrogens with zero attached hydrogens (tertiary/aromatic N) is 2. The van der Waals surface area contributed by atoms with E-state index < -0.39 is 11.5 Å². The Labute approximate surface area is 162 Å². The van der Waals surface area contributed by atoms with Crippen molar-refractivity contribution in [3.63, 3.8) is 0 Å². The molecule has 0 aliphatic heterocycles. The number of halogens is 1. The van der Waals surface area contributed by atoms with Crippen LogP contribution in [0.5, 0.6) is 0 Å². The van der Waals surface area contributed by atoms with E-state index in [0.717, 1.165) is 10.6 Å². The number of hydrogen-bond acceptors (Lipinski definition) is 6. The number of hydrogen-bond donors (Lipinski definition) is 1. The number of carbonyl (C=O) groups is 1. The number of rotatable bonds is 4. The zero-order valence-corrected chi connectivity index (χ0v) is 15.4. The number of aromatic nitrogens is 2. The Hall–Kier alpha value is -3.03. The number of para-hydroxylation sites is 1. The third-order valence-corrected chi connectivity index (χ3v) is 4.93. The van der Waals surface area contributed by atoms with E-state index in [0.29, 0.717) is 27.5 Å². The van der Waals surface area contributed by atoms with Crippen LogP contribution in [-0.4, -0.2) is 16.1 Å². The van der Waals surface area contributed by atoms with Gasteiger partial charge in [0.25, 0.3) is 5.91 Å². The highest BCUT2D eigenvalue weighted by Crippen LogP contribution is 2.20. The molecule has 0 unspecified atom stereocenters. The average molecular weight is 398 g/mol. The van der Waals surface area contributed by atoms with E-state index in [9.17, 15) is 9.59 Å². The van der Waals surface area contributed by atoms with E-state index in [1.165, 1.54) is 17.4 Å². The molecule has 8 heteroatoms. The van der Waals surface area contributed by atoms with Crippen molar-refractivity contribution in [1.29, 1.82) is 0 Å². The molecule has 0 saturated carbocycles. The van der Waals surface area contributed by atoms with Crippen LogP contribution in [0.1, 0.15) is 20.9 Å². The molecule has 6 nitrogen and oxygen atoms in total. The van der Waals surface area contributed by atoms with Gasteiger partial charge in [0.05, 0.1) is 0 Å². The van der Waals surface area contributed by atoms with Gasteiger partial charge >= 0.3 is 5.63 Å². The van der Waals surface area contributed by atoms with E-state index in [1.54, 1.807) is 36.4 Å². The number of amides is 1. The van der Waals surface area contributed by atoms with Gasteiger partial charge in [0.1, 0.15) is 16.2 Å². The molecule has 27 heavy (non-hydrogen) atoms. The lowest BCUT2D eigenvalue weighted by Gasteiger charge is -2.01. The highest BCUT2D eigenvalue weighted by Gasteiger charge is 2.16. The first-order chi connectivity index (χ1) is 13.1. The van der Waals surface area contributed by atoms with Crippen LogP contribution in [0, 0.1) is 0 Å². The average Bonchev–Trinajstić information content (AvgIpc) is 3.09. The lowest BCUT2D eigenvalue weighted by atomic mass is 10.2. The summed E-state index contributed by atoms with van der Waals surface area (Å²) in [5.74, 6) is -0.580. The van der Waals surface area contributed by atoms with Crippen LogP contribution in [0.25, 0.3) is 11.0 Å². The van der Waals surface area contributed by atoms with Crippen molar-refractivity contribution < 1.29 is 9.21 Å². The highest BCUT2D eigenvalue weighted by molar-refractivity contribution is 7.15. The fraction of sp³-hybridized carbons (Fsp3) is 0.0526. The highest BCUT2D eigenvalue weighted by atomic mass is 35.5. The Kier molecular flexibility index (Phi) is 4.70. The standard InChI is InChI=1S/C19H12ClN3O3S/c20-13-7-5-11(6-8-13)9-16-22-23-19(27-16)21-17(24)14-10-12-3-1-2-4-15(12)26-18(14)25/h1-8,10H,9H2,(H,21,23,24). The van der Waals surface area contributed by atoms with Crippen LogP contribution in [0.4, 0.5) is 5.13 Å². The van der Waals surface area contributed by atoms with Gasteiger partial charge in [-0.2, -0.15) is 0 Å². The molecule has 1 amide bonds. The summed E-state index contributed by atoms with van der Waals surface area (Å²) in [5.41, 5.74) is 0.684. The number of fused-ring (bicyclic) bond motifs is 1. The van der Waals surface area contributed by atoms with Crippen molar-refractivity contribution in [2.75, 3.05) is 5.32 Å². The summed E-state index contributed by atoms with van der Waals surface area (Å²) in [5, 5.41) is 13.0. The number of anilines is 1. The monoisotopic (exact) mass is 397 g/mol. The molecule has 4 rings (SSSR count). The topological polar surface area (TPSA) is 85.1 Å². The first-order valence-electron chi connectivity index (χ1n) is 7.99. The van der Waals surface area contributed by atoms with Crippen LogP contribution < -0.4 is 10.9 Å². The maximum Gasteiger partial charge on any atom is 0.349 e. The fourth-order valence-corrected chi connectivity index (χ4v) is 3.43. The largest absolute Gasteiger partial charge is 0.422 e. The molecule has 0 atom stereocenters. The van der Waals surface area contributed by atoms with Crippen molar-refractivity contribution in [2.24, 2.45) is 0 Å². The maximum absolute atomic E-state index is 12.4. The third-order valence-electron chi connectivity index (χ3n) is 3.84. The lowest BCUT2D eigenvalue weighted by molar-refractivity contribution is 0.102. The molecule has 2 heterocycles. The molecule has 134 valence electrons. The van der Waals surface area contributed by atoms with Crippen molar-refractivity contribution >= 4 is 44.9 Å². The number of benzene rings is 2. The van der Waals surface area contributed by atoms with Crippen molar-refractivity contribution in [1.82, 2.24) is 10.2 Å². The van der Waals surface area contributed by atoms with Gasteiger partial charge in [0, 0.05) is 16.8 Å². The predicted octanol–water partition coefficient (Wildman–Crippen LogP) is 4.14. The second-order valence-corrected chi connectivity index (χ2v) is 7.24. The van der Waals surface area contributed by atoms with Gasteiger partial charge in [0.2, 0.25) is 5.13 Å². The maximum atomic E-state index is 12.4. The molecule has 0 saturated heterocycles. The van der Waals surface area contributed by atoms with Gasteiger partial charge in [-0.15, -0.1) is 10.2 Å². The van der Waals surface area contributed by atoms with E-state index in [2.05, 4.69) is 15.5 Å². The van der Waals surface area contributed by atoms with Crippen LogP contribution in [0.2, 0.25) is 5.02 Å². The Morgan fingerprint density at radius 1 is 1.11 bits per heavy atom. The minimum absolute atomic E-state index is 0.0804. The second-order valence-electron chi connectivity index (χ2n) is 5.74. The summed E-state index contributed by atoms with van der Waals surface area (Å²) < 4.78 is 5.19. The molecule has 0 aliphatic rings. The van der Waals surface area contributed by atoms with Crippen LogP contribution in [0.15, 0.2) is 63.8 Å². The molecule has 2 aromatic carbocycles. The van der Waals surface area contributed by atoms with Gasteiger partial charge in [-0.05, 0) is 29.8 Å². The number of nitrogens with one attached hydrogen (secondary N) is 1. The molecule has 0 spiro atoms. The minimum atomic E-state index is -0.697. The third kappa shape index (κ3) is 3.89. The van der Waals surface area contributed by atoms with Gasteiger partial charge in [-0.1, -0.05) is 53.3 Å². The minimum Gasteiger partial charge on any atom is -0.422 e. The Morgan fingerprint density at radius 3 is 2.70 bits per heavy atom. The van der Waals surface area contributed by atoms with Crippen LogP contribution in [-0.2, 0) is 6.42 Å². The normalized spacial score (nSPS) is 10.9. The van der Waals surface area contributed by atoms with Crippen LogP contribution in [0.3, 0.4) is 0 Å². The molecule has 2 aromatic heterocycles. The van der Waals surface area contributed by atoms with Crippen molar-refractivity contribution in [2.45, 2.75) is 6.42 Å². The molecule has 0 bridgehead atoms. The zero-order valence-electron chi connectivity index (χ0n) is 13.8. The van der Waals surface area contributed by atoms with Crippen molar-refractivity contribution in [3.8, 4) is 0 Å². The SMILES string of the molecule is O=C(Nc1nnc(Cc2ccc(Cl)cc2)s1)c1cc2ccccc2oc1=O. The van der Waals surface area contributed by atoms with E-state index in [4.69, 9.17) is 16.0 Å². The summed E-state index contributed by atoms with van der Waals surface area (Å²) in [4.78, 5) is 24.5. The number of carbonyl (C=O) groups excluding carboxylic acids is 1. The predicted molar refractivity (Wildman–Crippen MR) is 105 cm³/mol. The summed E-state index contributed by atoms with van der Waals surface area (Å²) >= 11 is 7.12. The fourth-order valence-electron chi connectivity index (χ4n) is 2.54. The Bertz CT molecular complexity index is 1180.